The molecule has 3 heteroatoms. The fourth-order valence-electron chi connectivity index (χ4n) is 0.176. The lowest BCUT2D eigenvalue weighted by atomic mass is 10.9. The lowest BCUT2D eigenvalue weighted by molar-refractivity contribution is 0.983. The van der Waals surface area contributed by atoms with Crippen LogP contribution < -0.4 is 5.32 Å². The van der Waals surface area contributed by atoms with Crippen molar-refractivity contribution in [3.8, 4) is 0 Å². The number of nitrogens with zero attached hydrogens (tertiary/aromatic N) is 1. The summed E-state index contributed by atoms with van der Waals surface area (Å²) in [6, 6.07) is 0. The number of rotatable bonds is 3. The zero-order valence-corrected chi connectivity index (χ0v) is 5.46. The Morgan fingerprint density at radius 3 is 3.00 bits per heavy atom. The Bertz CT molecular complexity index is 53.7. The van der Waals surface area contributed by atoms with Crippen molar-refractivity contribution < 1.29 is 0 Å². The van der Waals surface area contributed by atoms with Crippen LogP contribution in [0.15, 0.2) is 4.40 Å². The summed E-state index contributed by atoms with van der Waals surface area (Å²) in [6.45, 7) is 1.91. The van der Waals surface area contributed by atoms with Crippen molar-refractivity contribution >= 4 is 18.2 Å². The van der Waals surface area contributed by atoms with Gasteiger partial charge in [0.1, 0.15) is 0 Å². The maximum absolute atomic E-state index is 3.89. The molecule has 0 aliphatic carbocycles. The van der Waals surface area contributed by atoms with E-state index in [4.69, 9.17) is 0 Å². The van der Waals surface area contributed by atoms with Crippen molar-refractivity contribution in [3.05, 3.63) is 0 Å². The Morgan fingerprint density at radius 1 is 1.86 bits per heavy atom. The van der Waals surface area contributed by atoms with Crippen LogP contribution in [0.4, 0.5) is 0 Å². The van der Waals surface area contributed by atoms with Gasteiger partial charge in [-0.05, 0) is 25.9 Å². The van der Waals surface area contributed by atoms with E-state index in [1.807, 2.05) is 14.0 Å². The Hall–Kier alpha value is -0.0200. The summed E-state index contributed by atoms with van der Waals surface area (Å²) in [5, 5.41) is 2.95. The monoisotopic (exact) mass is 118 g/mol. The highest BCUT2D eigenvalue weighted by molar-refractivity contribution is 7.98. The molecule has 0 aromatic rings. The maximum atomic E-state index is 3.89. The average molecular weight is 118 g/mol. The quantitative estimate of drug-likeness (QED) is 0.258. The van der Waals surface area contributed by atoms with Crippen LogP contribution in [-0.2, 0) is 0 Å². The molecule has 2 nitrogen and oxygen atoms in total. The molecule has 7 heavy (non-hydrogen) atoms. The molecule has 0 amide bonds. The molecule has 0 saturated carbocycles. The molecular weight excluding hydrogens is 108 g/mol. The first kappa shape index (κ1) is 6.98. The zero-order valence-electron chi connectivity index (χ0n) is 4.64. The van der Waals surface area contributed by atoms with Gasteiger partial charge in [0.05, 0.1) is 5.88 Å². The minimum Gasteiger partial charge on any atom is -0.309 e. The molecule has 0 rings (SSSR count). The second kappa shape index (κ2) is 5.98. The zero-order chi connectivity index (χ0) is 5.54. The highest BCUT2D eigenvalue weighted by Gasteiger charge is 1.71. The van der Waals surface area contributed by atoms with Crippen molar-refractivity contribution in [2.45, 2.75) is 6.92 Å². The van der Waals surface area contributed by atoms with E-state index >= 15 is 0 Å². The first-order valence-corrected chi connectivity index (χ1v) is 3.10. The van der Waals surface area contributed by atoms with Crippen LogP contribution in [-0.4, -0.2) is 19.1 Å². The molecule has 0 aliphatic rings. The van der Waals surface area contributed by atoms with Crippen LogP contribution in [0.3, 0.4) is 0 Å². The number of hydrogen-bond donors (Lipinski definition) is 1. The third kappa shape index (κ3) is 5.98. The summed E-state index contributed by atoms with van der Waals surface area (Å²) < 4.78 is 3.89. The van der Waals surface area contributed by atoms with Crippen LogP contribution in [0.2, 0.25) is 0 Å². The van der Waals surface area contributed by atoms with Gasteiger partial charge in [0, 0.05) is 6.21 Å². The van der Waals surface area contributed by atoms with Crippen LogP contribution in [0.5, 0.6) is 0 Å². The minimum absolute atomic E-state index is 0.893. The molecular formula is C4H10N2S. The van der Waals surface area contributed by atoms with Crippen LogP contribution >= 0.6 is 11.9 Å². The van der Waals surface area contributed by atoms with E-state index in [-0.39, 0.29) is 0 Å². The van der Waals surface area contributed by atoms with Gasteiger partial charge in [0.15, 0.2) is 0 Å². The largest absolute Gasteiger partial charge is 0.309 e. The van der Waals surface area contributed by atoms with Crippen molar-refractivity contribution in [2.24, 2.45) is 4.40 Å². The molecule has 0 fully saturated rings. The predicted molar refractivity (Wildman–Crippen MR) is 35.7 cm³/mol. The van der Waals surface area contributed by atoms with E-state index < -0.39 is 0 Å². The van der Waals surface area contributed by atoms with Crippen molar-refractivity contribution in [1.29, 1.82) is 0 Å². The van der Waals surface area contributed by atoms with Crippen LogP contribution in [0.1, 0.15) is 6.92 Å². The van der Waals surface area contributed by atoms with Crippen molar-refractivity contribution in [2.75, 3.05) is 12.9 Å². The summed E-state index contributed by atoms with van der Waals surface area (Å²) in [6.07, 6.45) is 1.78. The van der Waals surface area contributed by atoms with Crippen molar-refractivity contribution in [1.82, 2.24) is 5.32 Å². The molecule has 0 bridgehead atoms. The van der Waals surface area contributed by atoms with Gasteiger partial charge in [-0.2, -0.15) is 0 Å². The average Bonchev–Trinajstić information content (AvgIpc) is 1.69. The van der Waals surface area contributed by atoms with E-state index in [9.17, 15) is 0 Å². The molecule has 42 valence electrons. The first-order chi connectivity index (χ1) is 3.41. The third-order valence-corrected chi connectivity index (χ3v) is 1.17. The summed E-state index contributed by atoms with van der Waals surface area (Å²) >= 11 is 1.51. The van der Waals surface area contributed by atoms with E-state index in [0.29, 0.717) is 0 Å². The Labute approximate surface area is 48.5 Å². The lowest BCUT2D eigenvalue weighted by Crippen LogP contribution is -2.01. The van der Waals surface area contributed by atoms with Crippen molar-refractivity contribution in [3.63, 3.8) is 0 Å². The van der Waals surface area contributed by atoms with E-state index in [2.05, 4.69) is 9.71 Å². The van der Waals surface area contributed by atoms with Gasteiger partial charge in [-0.3, -0.25) is 0 Å². The molecule has 1 N–H and O–H groups in total. The molecule has 0 aromatic carbocycles. The smallest absolute Gasteiger partial charge is 0.0638 e. The number of hydrogen-bond acceptors (Lipinski definition) is 3. The normalized spacial score (nSPS) is 10.6. The standard InChI is InChI=1S/C4H10N2S/c1-3-6-7-4-5-2/h3,5H,4H2,1-2H3/b6-3-. The van der Waals surface area contributed by atoms with E-state index in [1.165, 1.54) is 11.9 Å². The molecule has 0 spiro atoms. The topological polar surface area (TPSA) is 24.4 Å². The summed E-state index contributed by atoms with van der Waals surface area (Å²) in [5.41, 5.74) is 0. The van der Waals surface area contributed by atoms with Gasteiger partial charge in [-0.25, -0.2) is 4.40 Å². The fraction of sp³-hybridized carbons (Fsp3) is 0.750. The predicted octanol–water partition coefficient (Wildman–Crippen LogP) is 0.902. The van der Waals surface area contributed by atoms with Gasteiger partial charge >= 0.3 is 0 Å². The number of nitrogens with one attached hydrogen (secondary N) is 1. The second-order valence-electron chi connectivity index (χ2n) is 0.991. The Balaban J connectivity index is 2.69. The molecule has 0 saturated heterocycles. The highest BCUT2D eigenvalue weighted by atomic mass is 32.2. The van der Waals surface area contributed by atoms with Gasteiger partial charge in [-0.15, -0.1) is 0 Å². The molecule has 0 radical (unpaired) electrons. The summed E-state index contributed by atoms with van der Waals surface area (Å²) in [4.78, 5) is 0. The second-order valence-corrected chi connectivity index (χ2v) is 1.75. The highest BCUT2D eigenvalue weighted by Crippen LogP contribution is 1.94. The Kier molecular flexibility index (Phi) is 5.96. The van der Waals surface area contributed by atoms with Crippen LogP contribution in [0.25, 0.3) is 0 Å². The molecule has 0 aliphatic heterocycles. The van der Waals surface area contributed by atoms with Crippen LogP contribution in [0, 0.1) is 0 Å². The lowest BCUT2D eigenvalue weighted by Gasteiger charge is -1.86. The Morgan fingerprint density at radius 2 is 2.57 bits per heavy atom. The third-order valence-electron chi connectivity index (χ3n) is 0.389. The van der Waals surface area contributed by atoms with Gasteiger partial charge in [0.25, 0.3) is 0 Å². The van der Waals surface area contributed by atoms with E-state index in [1.54, 1.807) is 6.21 Å². The first-order valence-electron chi connectivity index (χ1n) is 2.16. The van der Waals surface area contributed by atoms with Gasteiger partial charge in [0.2, 0.25) is 0 Å². The summed E-state index contributed by atoms with van der Waals surface area (Å²) in [7, 11) is 1.90. The molecule has 0 atom stereocenters. The SMILES string of the molecule is C/C=N\SCNC. The summed E-state index contributed by atoms with van der Waals surface area (Å²) in [5.74, 6) is 0.893. The fourth-order valence-corrected chi connectivity index (χ4v) is 0.529. The molecule has 0 heterocycles. The van der Waals surface area contributed by atoms with E-state index in [0.717, 1.165) is 5.88 Å². The van der Waals surface area contributed by atoms with Gasteiger partial charge < -0.3 is 5.32 Å². The van der Waals surface area contributed by atoms with Gasteiger partial charge in [-0.1, -0.05) is 0 Å². The molecule has 0 aromatic heterocycles. The molecule has 0 unspecified atom stereocenters. The minimum atomic E-state index is 0.893. The maximum Gasteiger partial charge on any atom is 0.0638 e.